The summed E-state index contributed by atoms with van der Waals surface area (Å²) in [5.41, 5.74) is 1.09. The monoisotopic (exact) mass is 376 g/mol. The first-order valence-corrected chi connectivity index (χ1v) is 9.70. The lowest BCUT2D eigenvalue weighted by atomic mass is 10.0. The Morgan fingerprint density at radius 3 is 2.61 bits per heavy atom. The van der Waals surface area contributed by atoms with Crippen LogP contribution in [0, 0.1) is 0 Å². The van der Waals surface area contributed by atoms with Crippen LogP contribution in [0.2, 0.25) is 0 Å². The Morgan fingerprint density at radius 2 is 1.86 bits per heavy atom. The smallest absolute Gasteiger partial charge is 0.262 e. The summed E-state index contributed by atoms with van der Waals surface area (Å²) in [5, 5.41) is 1.25. The zero-order valence-corrected chi connectivity index (χ0v) is 16.2. The van der Waals surface area contributed by atoms with E-state index < -0.39 is 0 Å². The van der Waals surface area contributed by atoms with Crippen molar-refractivity contribution >= 4 is 16.7 Å². The standard InChI is InChI=1S/C23H24N2O3/c1-16-8-5-6-13-24(16)23(27)21-15-25(17-9-7-10-18(14-17)28-2)22(26)20-12-4-3-11-19(20)21/h3-4,7,9-12,14-16H,5-6,8,13H2,1-2H3/t16-/m1/s1. The Balaban J connectivity index is 1.92. The number of hydrogen-bond acceptors (Lipinski definition) is 3. The van der Waals surface area contributed by atoms with Gasteiger partial charge in [0.2, 0.25) is 0 Å². The number of ether oxygens (including phenoxy) is 1. The van der Waals surface area contributed by atoms with Crippen LogP contribution >= 0.6 is 0 Å². The zero-order chi connectivity index (χ0) is 19.7. The van der Waals surface area contributed by atoms with Crippen LogP contribution < -0.4 is 10.3 Å². The van der Waals surface area contributed by atoms with E-state index in [1.54, 1.807) is 30.0 Å². The number of rotatable bonds is 3. The molecule has 0 bridgehead atoms. The minimum absolute atomic E-state index is 0.0138. The van der Waals surface area contributed by atoms with E-state index in [0.717, 1.165) is 25.8 Å². The van der Waals surface area contributed by atoms with Crippen molar-refractivity contribution in [3.8, 4) is 11.4 Å². The van der Waals surface area contributed by atoms with Gasteiger partial charge < -0.3 is 9.64 Å². The molecule has 1 aliphatic heterocycles. The molecule has 1 aromatic heterocycles. The third-order valence-electron chi connectivity index (χ3n) is 5.55. The van der Waals surface area contributed by atoms with Gasteiger partial charge in [0, 0.05) is 35.6 Å². The van der Waals surface area contributed by atoms with Crippen LogP contribution in [0.25, 0.3) is 16.5 Å². The van der Waals surface area contributed by atoms with Crippen molar-refractivity contribution < 1.29 is 9.53 Å². The minimum Gasteiger partial charge on any atom is -0.497 e. The van der Waals surface area contributed by atoms with Gasteiger partial charge in [-0.15, -0.1) is 0 Å². The molecular formula is C23H24N2O3. The van der Waals surface area contributed by atoms with Crippen molar-refractivity contribution in [1.82, 2.24) is 9.47 Å². The van der Waals surface area contributed by atoms with Crippen LogP contribution in [0.15, 0.2) is 59.5 Å². The van der Waals surface area contributed by atoms with E-state index in [4.69, 9.17) is 4.74 Å². The molecule has 144 valence electrons. The maximum absolute atomic E-state index is 13.4. The third-order valence-corrected chi connectivity index (χ3v) is 5.55. The van der Waals surface area contributed by atoms with Gasteiger partial charge in [0.25, 0.3) is 11.5 Å². The fourth-order valence-corrected chi connectivity index (χ4v) is 3.97. The van der Waals surface area contributed by atoms with E-state index in [2.05, 4.69) is 6.92 Å². The lowest BCUT2D eigenvalue weighted by Gasteiger charge is -2.33. The molecule has 1 saturated heterocycles. The summed E-state index contributed by atoms with van der Waals surface area (Å²) in [6.07, 6.45) is 4.86. The first-order valence-electron chi connectivity index (χ1n) is 9.70. The molecule has 28 heavy (non-hydrogen) atoms. The van der Waals surface area contributed by atoms with E-state index in [1.807, 2.05) is 41.3 Å². The van der Waals surface area contributed by atoms with Crippen LogP contribution in [0.5, 0.6) is 5.75 Å². The number of carbonyl (C=O) groups excluding carboxylic acids is 1. The number of carbonyl (C=O) groups is 1. The molecule has 0 radical (unpaired) electrons. The molecule has 2 aromatic carbocycles. The lowest BCUT2D eigenvalue weighted by molar-refractivity contribution is 0.0637. The Labute approximate surface area is 164 Å². The topological polar surface area (TPSA) is 51.5 Å². The highest BCUT2D eigenvalue weighted by molar-refractivity contribution is 6.06. The molecule has 5 heteroatoms. The van der Waals surface area contributed by atoms with Gasteiger partial charge in [-0.1, -0.05) is 24.3 Å². The summed E-state index contributed by atoms with van der Waals surface area (Å²) in [6.45, 7) is 2.85. The molecule has 0 unspecified atom stereocenters. The molecule has 2 heterocycles. The molecule has 1 atom stereocenters. The Hall–Kier alpha value is -3.08. The van der Waals surface area contributed by atoms with Crippen molar-refractivity contribution in [2.75, 3.05) is 13.7 Å². The second-order valence-corrected chi connectivity index (χ2v) is 7.31. The molecule has 0 saturated carbocycles. The van der Waals surface area contributed by atoms with Crippen molar-refractivity contribution in [2.45, 2.75) is 32.2 Å². The number of amides is 1. The fraction of sp³-hybridized carbons (Fsp3) is 0.304. The molecule has 1 amide bonds. The number of benzene rings is 2. The van der Waals surface area contributed by atoms with E-state index in [0.29, 0.717) is 27.8 Å². The van der Waals surface area contributed by atoms with Crippen LogP contribution in [-0.2, 0) is 0 Å². The summed E-state index contributed by atoms with van der Waals surface area (Å²) in [5.74, 6) is 0.648. The van der Waals surface area contributed by atoms with Gasteiger partial charge in [0.05, 0.1) is 18.4 Å². The number of fused-ring (bicyclic) bond motifs is 1. The molecule has 4 rings (SSSR count). The molecule has 3 aromatic rings. The number of methoxy groups -OCH3 is 1. The number of piperidine rings is 1. The highest BCUT2D eigenvalue weighted by atomic mass is 16.5. The normalized spacial score (nSPS) is 16.9. The molecule has 0 aliphatic carbocycles. The number of aromatic nitrogens is 1. The molecule has 0 spiro atoms. The van der Waals surface area contributed by atoms with Gasteiger partial charge in [0.15, 0.2) is 0 Å². The quantitative estimate of drug-likeness (QED) is 0.694. The summed E-state index contributed by atoms with van der Waals surface area (Å²) in [4.78, 5) is 28.5. The number of nitrogens with zero attached hydrogens (tertiary/aromatic N) is 2. The maximum atomic E-state index is 13.4. The van der Waals surface area contributed by atoms with Crippen molar-refractivity contribution in [3.05, 3.63) is 70.6 Å². The van der Waals surface area contributed by atoms with Crippen molar-refractivity contribution in [1.29, 1.82) is 0 Å². The Morgan fingerprint density at radius 1 is 1.07 bits per heavy atom. The van der Waals surface area contributed by atoms with Crippen molar-refractivity contribution in [2.24, 2.45) is 0 Å². The molecule has 1 aliphatic rings. The van der Waals surface area contributed by atoms with E-state index >= 15 is 0 Å². The zero-order valence-electron chi connectivity index (χ0n) is 16.2. The van der Waals surface area contributed by atoms with Gasteiger partial charge in [-0.25, -0.2) is 0 Å². The first-order chi connectivity index (χ1) is 13.6. The van der Waals surface area contributed by atoms with Crippen LogP contribution in [-0.4, -0.2) is 35.1 Å². The van der Waals surface area contributed by atoms with E-state index in [-0.39, 0.29) is 17.5 Å². The largest absolute Gasteiger partial charge is 0.497 e. The van der Waals surface area contributed by atoms with E-state index in [9.17, 15) is 9.59 Å². The minimum atomic E-state index is -0.146. The molecule has 5 nitrogen and oxygen atoms in total. The van der Waals surface area contributed by atoms with Gasteiger partial charge in [-0.05, 0) is 44.4 Å². The second-order valence-electron chi connectivity index (χ2n) is 7.31. The summed E-state index contributed by atoms with van der Waals surface area (Å²) >= 11 is 0. The molecule has 0 N–H and O–H groups in total. The predicted molar refractivity (Wildman–Crippen MR) is 110 cm³/mol. The number of hydrogen-bond donors (Lipinski definition) is 0. The van der Waals surface area contributed by atoms with E-state index in [1.165, 1.54) is 0 Å². The van der Waals surface area contributed by atoms with Crippen molar-refractivity contribution in [3.63, 3.8) is 0 Å². The third kappa shape index (κ3) is 3.17. The van der Waals surface area contributed by atoms with Gasteiger partial charge in [-0.3, -0.25) is 14.2 Å². The number of pyridine rings is 1. The first kappa shape index (κ1) is 18.3. The summed E-state index contributed by atoms with van der Waals surface area (Å²) < 4.78 is 6.85. The second kappa shape index (κ2) is 7.50. The highest BCUT2D eigenvalue weighted by Gasteiger charge is 2.26. The lowest BCUT2D eigenvalue weighted by Crippen LogP contribution is -2.42. The average molecular weight is 376 g/mol. The summed E-state index contributed by atoms with van der Waals surface area (Å²) in [6, 6.07) is 14.9. The van der Waals surface area contributed by atoms with Gasteiger partial charge in [-0.2, -0.15) is 0 Å². The number of likely N-dealkylation sites (tertiary alicyclic amines) is 1. The van der Waals surface area contributed by atoms with Crippen LogP contribution in [0.3, 0.4) is 0 Å². The summed E-state index contributed by atoms with van der Waals surface area (Å²) in [7, 11) is 1.59. The Kier molecular flexibility index (Phi) is 4.90. The maximum Gasteiger partial charge on any atom is 0.262 e. The van der Waals surface area contributed by atoms with Crippen LogP contribution in [0.1, 0.15) is 36.5 Å². The fourth-order valence-electron chi connectivity index (χ4n) is 3.97. The van der Waals surface area contributed by atoms with Gasteiger partial charge in [0.1, 0.15) is 5.75 Å². The highest BCUT2D eigenvalue weighted by Crippen LogP contribution is 2.24. The molecule has 1 fully saturated rings. The molecular weight excluding hydrogens is 352 g/mol. The predicted octanol–water partition coefficient (Wildman–Crippen LogP) is 4.01. The van der Waals surface area contributed by atoms with Gasteiger partial charge >= 0.3 is 0 Å². The Bertz CT molecular complexity index is 1090. The average Bonchev–Trinajstić information content (AvgIpc) is 2.74. The van der Waals surface area contributed by atoms with Crippen LogP contribution in [0.4, 0.5) is 0 Å². The SMILES string of the molecule is COc1cccc(-n2cc(C(=O)N3CCCC[C@H]3C)c3ccccc3c2=O)c1.